The number of hydrogen-bond donors (Lipinski definition) is 0. The molecule has 128 valence electrons. The van der Waals surface area contributed by atoms with Crippen LogP contribution in [0.4, 0.5) is 5.82 Å². The molecule has 0 unspecified atom stereocenters. The summed E-state index contributed by atoms with van der Waals surface area (Å²) >= 11 is 0. The zero-order valence-corrected chi connectivity index (χ0v) is 16.1. The Balaban J connectivity index is 1.99. The molecule has 1 saturated heterocycles. The molecule has 0 bridgehead atoms. The lowest BCUT2D eigenvalue weighted by molar-refractivity contribution is -0.111. The Labute approximate surface area is 141 Å². The standard InChI is InChI=1S/C18H30N2O2Si/c1-18(2,3)23(4,5)22-14-16-7-6-8-17(19-16)20-11-9-15(13-21)10-12-20/h6-8,13,15H,9-12,14H2,1-5H3. The second-order valence-electron chi connectivity index (χ2n) is 8.00. The molecule has 1 fully saturated rings. The van der Waals surface area contributed by atoms with E-state index in [2.05, 4.69) is 50.9 Å². The van der Waals surface area contributed by atoms with Crippen molar-refractivity contribution < 1.29 is 9.22 Å². The molecule has 0 atom stereocenters. The molecule has 0 radical (unpaired) electrons. The maximum Gasteiger partial charge on any atom is 0.192 e. The highest BCUT2D eigenvalue weighted by Crippen LogP contribution is 2.37. The predicted octanol–water partition coefficient (Wildman–Crippen LogP) is 4.02. The van der Waals surface area contributed by atoms with Gasteiger partial charge < -0.3 is 14.1 Å². The molecule has 0 aliphatic carbocycles. The SMILES string of the molecule is CC(C)(C)[Si](C)(C)OCc1cccc(N2CCC(C=O)CC2)n1. The molecule has 2 heterocycles. The van der Waals surface area contributed by atoms with E-state index >= 15 is 0 Å². The van der Waals surface area contributed by atoms with E-state index in [0.29, 0.717) is 6.61 Å². The van der Waals surface area contributed by atoms with E-state index in [1.54, 1.807) is 0 Å². The van der Waals surface area contributed by atoms with Crippen LogP contribution in [0.2, 0.25) is 18.1 Å². The second-order valence-corrected chi connectivity index (χ2v) is 12.8. The number of aldehydes is 1. The molecule has 1 aliphatic rings. The Kier molecular flexibility index (Phi) is 5.63. The van der Waals surface area contributed by atoms with Gasteiger partial charge in [0.15, 0.2) is 8.32 Å². The van der Waals surface area contributed by atoms with Gasteiger partial charge in [-0.05, 0) is 43.1 Å². The lowest BCUT2D eigenvalue weighted by Crippen LogP contribution is -2.40. The molecule has 23 heavy (non-hydrogen) atoms. The third-order valence-electron chi connectivity index (χ3n) is 5.24. The average Bonchev–Trinajstić information content (AvgIpc) is 2.52. The first-order valence-electron chi connectivity index (χ1n) is 8.53. The Morgan fingerprint density at radius 1 is 1.30 bits per heavy atom. The van der Waals surface area contributed by atoms with Gasteiger partial charge in [-0.3, -0.25) is 0 Å². The number of piperidine rings is 1. The Bertz CT molecular complexity index is 532. The largest absolute Gasteiger partial charge is 0.411 e. The predicted molar refractivity (Wildman–Crippen MR) is 97.2 cm³/mol. The fraction of sp³-hybridized carbons (Fsp3) is 0.667. The molecular weight excluding hydrogens is 304 g/mol. The van der Waals surface area contributed by atoms with Gasteiger partial charge in [0.25, 0.3) is 0 Å². The first-order chi connectivity index (χ1) is 10.7. The van der Waals surface area contributed by atoms with Crippen LogP contribution in [-0.4, -0.2) is 32.7 Å². The molecule has 0 spiro atoms. The summed E-state index contributed by atoms with van der Waals surface area (Å²) in [6, 6.07) is 6.14. The van der Waals surface area contributed by atoms with Crippen molar-refractivity contribution in [2.24, 2.45) is 5.92 Å². The van der Waals surface area contributed by atoms with Crippen LogP contribution in [-0.2, 0) is 15.8 Å². The monoisotopic (exact) mass is 334 g/mol. The number of anilines is 1. The van der Waals surface area contributed by atoms with Gasteiger partial charge in [-0.25, -0.2) is 4.98 Å². The van der Waals surface area contributed by atoms with Gasteiger partial charge in [-0.2, -0.15) is 0 Å². The maximum absolute atomic E-state index is 10.9. The van der Waals surface area contributed by atoms with Crippen LogP contribution in [0.25, 0.3) is 0 Å². The van der Waals surface area contributed by atoms with Gasteiger partial charge in [0.2, 0.25) is 0 Å². The minimum atomic E-state index is -1.75. The zero-order chi connectivity index (χ0) is 17.1. The summed E-state index contributed by atoms with van der Waals surface area (Å²) in [5, 5.41) is 0.210. The van der Waals surface area contributed by atoms with E-state index in [-0.39, 0.29) is 11.0 Å². The van der Waals surface area contributed by atoms with Crippen molar-refractivity contribution in [1.29, 1.82) is 0 Å². The quantitative estimate of drug-likeness (QED) is 0.602. The van der Waals surface area contributed by atoms with Crippen molar-refractivity contribution in [1.82, 2.24) is 4.98 Å². The third-order valence-corrected chi connectivity index (χ3v) is 9.71. The third kappa shape index (κ3) is 4.64. The van der Waals surface area contributed by atoms with E-state index in [1.165, 1.54) is 0 Å². The Morgan fingerprint density at radius 2 is 1.96 bits per heavy atom. The van der Waals surface area contributed by atoms with Crippen LogP contribution >= 0.6 is 0 Å². The topological polar surface area (TPSA) is 42.4 Å². The van der Waals surface area contributed by atoms with Crippen molar-refractivity contribution in [2.45, 2.75) is 58.4 Å². The molecule has 0 amide bonds. The molecule has 5 heteroatoms. The summed E-state index contributed by atoms with van der Waals surface area (Å²) in [5.74, 6) is 1.22. The molecule has 0 N–H and O–H groups in total. The first kappa shape index (κ1) is 18.1. The smallest absolute Gasteiger partial charge is 0.192 e. The van der Waals surface area contributed by atoms with Crippen molar-refractivity contribution >= 4 is 20.4 Å². The van der Waals surface area contributed by atoms with Crippen LogP contribution in [0.5, 0.6) is 0 Å². The van der Waals surface area contributed by atoms with Gasteiger partial charge in [0.05, 0.1) is 12.3 Å². The summed E-state index contributed by atoms with van der Waals surface area (Å²) in [7, 11) is -1.75. The van der Waals surface area contributed by atoms with Crippen LogP contribution < -0.4 is 4.90 Å². The van der Waals surface area contributed by atoms with Gasteiger partial charge in [0, 0.05) is 19.0 Å². The number of pyridine rings is 1. The van der Waals surface area contributed by atoms with Crippen LogP contribution in [0, 0.1) is 5.92 Å². The van der Waals surface area contributed by atoms with Crippen LogP contribution in [0.1, 0.15) is 39.3 Å². The highest BCUT2D eigenvalue weighted by Gasteiger charge is 2.37. The van der Waals surface area contributed by atoms with Crippen molar-refractivity contribution in [2.75, 3.05) is 18.0 Å². The molecule has 2 rings (SSSR count). The van der Waals surface area contributed by atoms with Gasteiger partial charge >= 0.3 is 0 Å². The Morgan fingerprint density at radius 3 is 2.52 bits per heavy atom. The lowest BCUT2D eigenvalue weighted by Gasteiger charge is -2.36. The number of carbonyl (C=O) groups is 1. The van der Waals surface area contributed by atoms with E-state index in [0.717, 1.165) is 43.7 Å². The number of aromatic nitrogens is 1. The molecule has 0 saturated carbocycles. The van der Waals surface area contributed by atoms with Crippen LogP contribution in [0.15, 0.2) is 18.2 Å². The minimum absolute atomic E-state index is 0.210. The number of hydrogen-bond acceptors (Lipinski definition) is 4. The summed E-state index contributed by atoms with van der Waals surface area (Å²) in [6.45, 7) is 13.7. The molecule has 0 aromatic carbocycles. The van der Waals surface area contributed by atoms with E-state index in [4.69, 9.17) is 9.41 Å². The Hall–Kier alpha value is -1.20. The summed E-state index contributed by atoms with van der Waals surface area (Å²) < 4.78 is 6.27. The van der Waals surface area contributed by atoms with Crippen LogP contribution in [0.3, 0.4) is 0 Å². The van der Waals surface area contributed by atoms with Gasteiger partial charge in [-0.1, -0.05) is 26.8 Å². The highest BCUT2D eigenvalue weighted by atomic mass is 28.4. The average molecular weight is 335 g/mol. The van der Waals surface area contributed by atoms with Crippen molar-refractivity contribution in [3.63, 3.8) is 0 Å². The summed E-state index contributed by atoms with van der Waals surface area (Å²) in [5.41, 5.74) is 0.991. The molecule has 1 aromatic rings. The highest BCUT2D eigenvalue weighted by molar-refractivity contribution is 6.74. The van der Waals surface area contributed by atoms with Crippen molar-refractivity contribution in [3.05, 3.63) is 23.9 Å². The lowest BCUT2D eigenvalue weighted by atomic mass is 9.99. The fourth-order valence-corrected chi connectivity index (χ4v) is 3.40. The first-order valence-corrected chi connectivity index (χ1v) is 11.4. The zero-order valence-electron chi connectivity index (χ0n) is 15.1. The molecule has 1 aromatic heterocycles. The molecular formula is C18H30N2O2Si. The van der Waals surface area contributed by atoms with Crippen molar-refractivity contribution in [3.8, 4) is 0 Å². The molecule has 4 nitrogen and oxygen atoms in total. The number of nitrogens with zero attached hydrogens (tertiary/aromatic N) is 2. The normalized spacial score (nSPS) is 17.3. The van der Waals surface area contributed by atoms with Gasteiger partial charge in [0.1, 0.15) is 12.1 Å². The van der Waals surface area contributed by atoms with Gasteiger partial charge in [-0.15, -0.1) is 0 Å². The summed E-state index contributed by atoms with van der Waals surface area (Å²) in [4.78, 5) is 17.9. The summed E-state index contributed by atoms with van der Waals surface area (Å²) in [6.07, 6.45) is 2.94. The minimum Gasteiger partial charge on any atom is -0.411 e. The van der Waals surface area contributed by atoms with E-state index in [1.807, 2.05) is 6.07 Å². The number of carbonyl (C=O) groups excluding carboxylic acids is 1. The fourth-order valence-electron chi connectivity index (χ4n) is 2.46. The van der Waals surface area contributed by atoms with E-state index in [9.17, 15) is 4.79 Å². The van der Waals surface area contributed by atoms with E-state index < -0.39 is 8.32 Å². The maximum atomic E-state index is 10.9. The number of rotatable bonds is 5. The molecule has 1 aliphatic heterocycles. The second kappa shape index (κ2) is 7.14.